The van der Waals surface area contributed by atoms with E-state index < -0.39 is 5.67 Å². The maximum absolute atomic E-state index is 13.8. The predicted molar refractivity (Wildman–Crippen MR) is 59.3 cm³/mol. The zero-order valence-corrected chi connectivity index (χ0v) is 9.79. The number of carbonyl (C=O) groups is 1. The van der Waals surface area contributed by atoms with Crippen molar-refractivity contribution in [2.75, 3.05) is 6.54 Å². The molecule has 1 heterocycles. The van der Waals surface area contributed by atoms with Crippen LogP contribution in [0.5, 0.6) is 0 Å². The number of likely N-dealkylation sites (tertiary alicyclic amines) is 1. The van der Waals surface area contributed by atoms with Gasteiger partial charge in [-0.2, -0.15) is 0 Å². The average Bonchev–Trinajstić information content (AvgIpc) is 2.38. The van der Waals surface area contributed by atoms with Crippen LogP contribution in [0.1, 0.15) is 33.6 Å². The maximum Gasteiger partial charge on any atom is 0.246 e. The number of hydrogen-bond donors (Lipinski definition) is 0. The molecular weight excluding hydrogens is 193 g/mol. The largest absolute Gasteiger partial charge is 0.333 e. The molecule has 1 aliphatic heterocycles. The van der Waals surface area contributed by atoms with Crippen LogP contribution in [-0.2, 0) is 4.79 Å². The number of carbonyl (C=O) groups excluding carboxylic acids is 1. The van der Waals surface area contributed by atoms with Crippen molar-refractivity contribution in [2.45, 2.75) is 45.3 Å². The molecule has 1 aliphatic rings. The molecule has 1 saturated heterocycles. The second-order valence-electron chi connectivity index (χ2n) is 5.07. The fourth-order valence-electron chi connectivity index (χ4n) is 2.28. The standard InChI is InChI=1S/C12H20FNO/c1-5-11(15)14-8-12(4,13)7-10(14)6-9(2)3/h5,9-10H,1,6-8H2,2-4H3/t10-,12?/m1/s1. The van der Waals surface area contributed by atoms with E-state index in [0.717, 1.165) is 6.42 Å². The highest BCUT2D eigenvalue weighted by Crippen LogP contribution is 2.33. The lowest BCUT2D eigenvalue weighted by Crippen LogP contribution is -2.36. The highest BCUT2D eigenvalue weighted by molar-refractivity contribution is 5.87. The van der Waals surface area contributed by atoms with E-state index in [1.807, 2.05) is 0 Å². The van der Waals surface area contributed by atoms with Gasteiger partial charge >= 0.3 is 0 Å². The van der Waals surface area contributed by atoms with Crippen LogP contribution in [0.2, 0.25) is 0 Å². The third-order valence-corrected chi connectivity index (χ3v) is 2.80. The first-order valence-electron chi connectivity index (χ1n) is 5.47. The molecule has 2 atom stereocenters. The fourth-order valence-corrected chi connectivity index (χ4v) is 2.28. The van der Waals surface area contributed by atoms with E-state index in [9.17, 15) is 9.18 Å². The van der Waals surface area contributed by atoms with Gasteiger partial charge in [-0.05, 0) is 25.3 Å². The number of halogens is 1. The van der Waals surface area contributed by atoms with E-state index in [0.29, 0.717) is 12.3 Å². The maximum atomic E-state index is 13.8. The van der Waals surface area contributed by atoms with E-state index in [-0.39, 0.29) is 18.5 Å². The highest BCUT2D eigenvalue weighted by atomic mass is 19.1. The van der Waals surface area contributed by atoms with Gasteiger partial charge in [-0.25, -0.2) is 4.39 Å². The van der Waals surface area contributed by atoms with Crippen LogP contribution in [0.25, 0.3) is 0 Å². The number of alkyl halides is 1. The zero-order chi connectivity index (χ0) is 11.6. The second kappa shape index (κ2) is 4.33. The summed E-state index contributed by atoms with van der Waals surface area (Å²) < 4.78 is 13.8. The van der Waals surface area contributed by atoms with Gasteiger partial charge in [0.2, 0.25) is 5.91 Å². The van der Waals surface area contributed by atoms with Crippen molar-refractivity contribution >= 4 is 5.91 Å². The molecule has 1 amide bonds. The lowest BCUT2D eigenvalue weighted by Gasteiger charge is -2.24. The Morgan fingerprint density at radius 1 is 1.73 bits per heavy atom. The fraction of sp³-hybridized carbons (Fsp3) is 0.750. The Hall–Kier alpha value is -0.860. The molecule has 0 spiro atoms. The van der Waals surface area contributed by atoms with Crippen molar-refractivity contribution < 1.29 is 9.18 Å². The molecular formula is C12H20FNO. The lowest BCUT2D eigenvalue weighted by atomic mass is 9.98. The summed E-state index contributed by atoms with van der Waals surface area (Å²) in [5, 5.41) is 0. The topological polar surface area (TPSA) is 20.3 Å². The highest BCUT2D eigenvalue weighted by Gasteiger charge is 2.42. The minimum absolute atomic E-state index is 0.0329. The first-order chi connectivity index (χ1) is 6.85. The van der Waals surface area contributed by atoms with E-state index >= 15 is 0 Å². The Balaban J connectivity index is 2.74. The quantitative estimate of drug-likeness (QED) is 0.660. The van der Waals surface area contributed by atoms with Crippen molar-refractivity contribution in [1.29, 1.82) is 0 Å². The Bertz CT molecular complexity index is 260. The molecule has 0 bridgehead atoms. The third kappa shape index (κ3) is 3.05. The minimum Gasteiger partial charge on any atom is -0.333 e. The summed E-state index contributed by atoms with van der Waals surface area (Å²) in [7, 11) is 0. The molecule has 1 unspecified atom stereocenters. The Morgan fingerprint density at radius 3 is 2.80 bits per heavy atom. The first-order valence-corrected chi connectivity index (χ1v) is 5.47. The van der Waals surface area contributed by atoms with Crippen LogP contribution >= 0.6 is 0 Å². The summed E-state index contributed by atoms with van der Waals surface area (Å²) >= 11 is 0. The van der Waals surface area contributed by atoms with Gasteiger partial charge in [0.1, 0.15) is 5.67 Å². The Kier molecular flexibility index (Phi) is 3.53. The van der Waals surface area contributed by atoms with Gasteiger partial charge in [0, 0.05) is 12.5 Å². The molecule has 0 aromatic rings. The molecule has 1 rings (SSSR count). The van der Waals surface area contributed by atoms with Gasteiger partial charge in [-0.3, -0.25) is 4.79 Å². The summed E-state index contributed by atoms with van der Waals surface area (Å²) in [6.45, 7) is 9.40. The van der Waals surface area contributed by atoms with E-state index in [4.69, 9.17) is 0 Å². The number of nitrogens with zero attached hydrogens (tertiary/aromatic N) is 1. The molecule has 0 N–H and O–H groups in total. The second-order valence-corrected chi connectivity index (χ2v) is 5.07. The predicted octanol–water partition coefficient (Wildman–Crippen LogP) is 2.55. The molecule has 0 aromatic carbocycles. The molecule has 0 saturated carbocycles. The first kappa shape index (κ1) is 12.2. The van der Waals surface area contributed by atoms with Gasteiger partial charge in [0.15, 0.2) is 0 Å². The van der Waals surface area contributed by atoms with Crippen LogP contribution in [-0.4, -0.2) is 29.1 Å². The molecule has 0 aliphatic carbocycles. The van der Waals surface area contributed by atoms with Gasteiger partial charge < -0.3 is 4.90 Å². The van der Waals surface area contributed by atoms with Crippen LogP contribution in [0.4, 0.5) is 4.39 Å². The molecule has 3 heteroatoms. The zero-order valence-electron chi connectivity index (χ0n) is 9.79. The molecule has 86 valence electrons. The van der Waals surface area contributed by atoms with Gasteiger partial charge in [-0.1, -0.05) is 20.4 Å². The van der Waals surface area contributed by atoms with Crippen molar-refractivity contribution in [1.82, 2.24) is 4.90 Å². The van der Waals surface area contributed by atoms with Crippen LogP contribution in [0, 0.1) is 5.92 Å². The monoisotopic (exact) mass is 213 g/mol. The average molecular weight is 213 g/mol. The van der Waals surface area contributed by atoms with E-state index in [1.165, 1.54) is 6.08 Å². The van der Waals surface area contributed by atoms with Crippen LogP contribution in [0.15, 0.2) is 12.7 Å². The van der Waals surface area contributed by atoms with Crippen LogP contribution < -0.4 is 0 Å². The minimum atomic E-state index is -1.24. The summed E-state index contributed by atoms with van der Waals surface area (Å²) in [6, 6.07) is 0.0329. The normalized spacial score (nSPS) is 31.0. The summed E-state index contributed by atoms with van der Waals surface area (Å²) in [5.41, 5.74) is -1.24. The van der Waals surface area contributed by atoms with E-state index in [2.05, 4.69) is 20.4 Å². The molecule has 0 aromatic heterocycles. The number of hydrogen-bond acceptors (Lipinski definition) is 1. The summed E-state index contributed by atoms with van der Waals surface area (Å²) in [4.78, 5) is 13.2. The molecule has 2 nitrogen and oxygen atoms in total. The Labute approximate surface area is 91.1 Å². The summed E-state index contributed by atoms with van der Waals surface area (Å²) in [6.07, 6.45) is 2.58. The lowest BCUT2D eigenvalue weighted by molar-refractivity contribution is -0.127. The van der Waals surface area contributed by atoms with Crippen molar-refractivity contribution in [2.24, 2.45) is 5.92 Å². The SMILES string of the molecule is C=CC(=O)N1CC(C)(F)C[C@H]1CC(C)C. The van der Waals surface area contributed by atoms with E-state index in [1.54, 1.807) is 11.8 Å². The smallest absolute Gasteiger partial charge is 0.246 e. The van der Waals surface area contributed by atoms with Gasteiger partial charge in [0.25, 0.3) is 0 Å². The van der Waals surface area contributed by atoms with Gasteiger partial charge in [-0.15, -0.1) is 0 Å². The Morgan fingerprint density at radius 2 is 2.33 bits per heavy atom. The third-order valence-electron chi connectivity index (χ3n) is 2.80. The number of rotatable bonds is 3. The van der Waals surface area contributed by atoms with Crippen molar-refractivity contribution in [3.05, 3.63) is 12.7 Å². The van der Waals surface area contributed by atoms with Gasteiger partial charge in [0.05, 0.1) is 6.54 Å². The van der Waals surface area contributed by atoms with Crippen molar-refractivity contribution in [3.63, 3.8) is 0 Å². The van der Waals surface area contributed by atoms with Crippen LogP contribution in [0.3, 0.4) is 0 Å². The molecule has 0 radical (unpaired) electrons. The number of amides is 1. The van der Waals surface area contributed by atoms with Crippen molar-refractivity contribution in [3.8, 4) is 0 Å². The molecule has 1 fully saturated rings. The summed E-state index contributed by atoms with van der Waals surface area (Å²) in [5.74, 6) is 0.325. The molecule has 15 heavy (non-hydrogen) atoms.